The van der Waals surface area contributed by atoms with Crippen LogP contribution in [-0.2, 0) is 11.3 Å². The standard InChI is InChI=1S/C24H32N4O3/c1-16(2)20-14-21-22(29)28(18-10-12-19(31-4)13-11-18)24(3,15-27(21)26-20)23(30)25-17-8-6-5-7-9-17/h10-14,16-17H,5-9,15H2,1-4H3,(H,25,30). The van der Waals surface area contributed by atoms with E-state index in [-0.39, 0.29) is 23.8 Å². The van der Waals surface area contributed by atoms with Crippen LogP contribution in [0.4, 0.5) is 5.69 Å². The van der Waals surface area contributed by atoms with Gasteiger partial charge in [0.05, 0.1) is 19.3 Å². The summed E-state index contributed by atoms with van der Waals surface area (Å²) in [5.74, 6) is 0.560. The number of hydrogen-bond donors (Lipinski definition) is 1. The second-order valence-corrected chi connectivity index (χ2v) is 9.19. The van der Waals surface area contributed by atoms with Crippen LogP contribution in [0.2, 0.25) is 0 Å². The number of carbonyl (C=O) groups is 2. The number of anilines is 1. The third-order valence-corrected chi connectivity index (χ3v) is 6.52. The fourth-order valence-corrected chi connectivity index (χ4v) is 4.61. The van der Waals surface area contributed by atoms with Crippen LogP contribution in [0, 0.1) is 0 Å². The van der Waals surface area contributed by atoms with Gasteiger partial charge in [0, 0.05) is 11.7 Å². The third-order valence-electron chi connectivity index (χ3n) is 6.52. The second-order valence-electron chi connectivity index (χ2n) is 9.19. The molecule has 1 aliphatic carbocycles. The zero-order valence-electron chi connectivity index (χ0n) is 18.9. The molecule has 1 atom stereocenters. The molecule has 1 aromatic heterocycles. The van der Waals surface area contributed by atoms with E-state index < -0.39 is 5.54 Å². The lowest BCUT2D eigenvalue weighted by Crippen LogP contribution is -2.65. The summed E-state index contributed by atoms with van der Waals surface area (Å²) in [5, 5.41) is 7.88. The molecule has 31 heavy (non-hydrogen) atoms. The van der Waals surface area contributed by atoms with Crippen molar-refractivity contribution in [2.45, 2.75) is 76.9 Å². The molecule has 166 valence electrons. The number of carbonyl (C=O) groups excluding carboxylic acids is 2. The summed E-state index contributed by atoms with van der Waals surface area (Å²) in [6, 6.07) is 9.30. The maximum atomic E-state index is 13.7. The number of amides is 2. The van der Waals surface area contributed by atoms with E-state index >= 15 is 0 Å². The fraction of sp³-hybridized carbons (Fsp3) is 0.542. The molecule has 1 N–H and O–H groups in total. The molecule has 0 bridgehead atoms. The quantitative estimate of drug-likeness (QED) is 0.790. The minimum absolute atomic E-state index is 0.129. The van der Waals surface area contributed by atoms with E-state index in [2.05, 4.69) is 24.3 Å². The largest absolute Gasteiger partial charge is 0.497 e. The van der Waals surface area contributed by atoms with Crippen LogP contribution in [0.25, 0.3) is 0 Å². The number of aromatic nitrogens is 2. The molecule has 0 saturated heterocycles. The van der Waals surface area contributed by atoms with Gasteiger partial charge in [-0.1, -0.05) is 33.1 Å². The molecule has 1 saturated carbocycles. The van der Waals surface area contributed by atoms with E-state index in [0.29, 0.717) is 23.7 Å². The van der Waals surface area contributed by atoms with Crippen molar-refractivity contribution in [3.63, 3.8) is 0 Å². The summed E-state index contributed by atoms with van der Waals surface area (Å²) in [7, 11) is 1.61. The van der Waals surface area contributed by atoms with Crippen molar-refractivity contribution in [1.82, 2.24) is 15.1 Å². The predicted octanol–water partition coefficient (Wildman–Crippen LogP) is 3.88. The first kappa shape index (κ1) is 21.4. The maximum Gasteiger partial charge on any atom is 0.277 e. The van der Waals surface area contributed by atoms with Gasteiger partial charge in [-0.3, -0.25) is 19.2 Å². The lowest BCUT2D eigenvalue weighted by Gasteiger charge is -2.44. The van der Waals surface area contributed by atoms with E-state index in [1.165, 1.54) is 6.42 Å². The normalized spacial score (nSPS) is 21.8. The molecule has 0 spiro atoms. The van der Waals surface area contributed by atoms with Gasteiger partial charge in [-0.25, -0.2) is 0 Å². The maximum absolute atomic E-state index is 13.7. The Labute approximate surface area is 183 Å². The lowest BCUT2D eigenvalue weighted by atomic mass is 9.91. The molecule has 2 amide bonds. The van der Waals surface area contributed by atoms with Crippen molar-refractivity contribution in [2.75, 3.05) is 12.0 Å². The van der Waals surface area contributed by atoms with Crippen molar-refractivity contribution in [2.24, 2.45) is 0 Å². The number of methoxy groups -OCH3 is 1. The fourth-order valence-electron chi connectivity index (χ4n) is 4.61. The first-order valence-corrected chi connectivity index (χ1v) is 11.2. The zero-order chi connectivity index (χ0) is 22.2. The Bertz CT molecular complexity index is 960. The smallest absolute Gasteiger partial charge is 0.277 e. The third kappa shape index (κ3) is 3.93. The molecule has 7 nitrogen and oxygen atoms in total. The SMILES string of the molecule is COc1ccc(N2C(=O)c3cc(C(C)C)nn3CC2(C)C(=O)NC2CCCCC2)cc1. The average molecular weight is 425 g/mol. The van der Waals surface area contributed by atoms with E-state index in [0.717, 1.165) is 31.4 Å². The van der Waals surface area contributed by atoms with Crippen LogP contribution in [-0.4, -0.2) is 40.3 Å². The molecular formula is C24H32N4O3. The van der Waals surface area contributed by atoms with Gasteiger partial charge in [0.25, 0.3) is 5.91 Å². The van der Waals surface area contributed by atoms with E-state index in [1.807, 2.05) is 37.3 Å². The lowest BCUT2D eigenvalue weighted by molar-refractivity contribution is -0.127. The molecule has 7 heteroatoms. The van der Waals surface area contributed by atoms with Crippen LogP contribution in [0.15, 0.2) is 30.3 Å². The summed E-state index contributed by atoms with van der Waals surface area (Å²) in [4.78, 5) is 28.9. The summed E-state index contributed by atoms with van der Waals surface area (Å²) in [6.07, 6.45) is 5.45. The minimum atomic E-state index is -1.09. The van der Waals surface area contributed by atoms with Gasteiger partial charge in [0.1, 0.15) is 17.0 Å². The van der Waals surface area contributed by atoms with Crippen molar-refractivity contribution in [3.8, 4) is 5.75 Å². The molecule has 2 aliphatic rings. The molecular weight excluding hydrogens is 392 g/mol. The number of hydrogen-bond acceptors (Lipinski definition) is 4. The highest BCUT2D eigenvalue weighted by atomic mass is 16.5. The highest BCUT2D eigenvalue weighted by molar-refractivity contribution is 6.11. The first-order chi connectivity index (χ1) is 14.8. The molecule has 2 heterocycles. The molecule has 2 aromatic rings. The average Bonchev–Trinajstić information content (AvgIpc) is 3.19. The van der Waals surface area contributed by atoms with Gasteiger partial charge in [-0.2, -0.15) is 5.10 Å². The van der Waals surface area contributed by atoms with Crippen molar-refractivity contribution in [1.29, 1.82) is 0 Å². The van der Waals surface area contributed by atoms with Crippen LogP contribution >= 0.6 is 0 Å². The van der Waals surface area contributed by atoms with Crippen molar-refractivity contribution >= 4 is 17.5 Å². The molecule has 0 radical (unpaired) electrons. The van der Waals surface area contributed by atoms with Gasteiger partial charge >= 0.3 is 0 Å². The molecule has 1 fully saturated rings. The summed E-state index contributed by atoms with van der Waals surface area (Å²) in [6.45, 7) is 6.25. The van der Waals surface area contributed by atoms with Crippen LogP contribution in [0.1, 0.15) is 75.0 Å². The molecule has 4 rings (SSSR count). The van der Waals surface area contributed by atoms with Gasteiger partial charge in [0.15, 0.2) is 0 Å². The van der Waals surface area contributed by atoms with Crippen molar-refractivity contribution in [3.05, 3.63) is 41.7 Å². The van der Waals surface area contributed by atoms with E-state index in [9.17, 15) is 9.59 Å². The Morgan fingerprint density at radius 1 is 1.19 bits per heavy atom. The predicted molar refractivity (Wildman–Crippen MR) is 120 cm³/mol. The Morgan fingerprint density at radius 2 is 1.87 bits per heavy atom. The Morgan fingerprint density at radius 3 is 2.48 bits per heavy atom. The molecule has 1 aromatic carbocycles. The van der Waals surface area contributed by atoms with E-state index in [4.69, 9.17) is 4.74 Å². The van der Waals surface area contributed by atoms with Gasteiger partial charge in [-0.05, 0) is 56.0 Å². The molecule has 1 unspecified atom stereocenters. The van der Waals surface area contributed by atoms with E-state index in [1.54, 1.807) is 16.7 Å². The summed E-state index contributed by atoms with van der Waals surface area (Å²) < 4.78 is 6.98. The van der Waals surface area contributed by atoms with Crippen LogP contribution in [0.3, 0.4) is 0 Å². The Balaban J connectivity index is 1.74. The van der Waals surface area contributed by atoms with Crippen LogP contribution in [0.5, 0.6) is 5.75 Å². The number of benzene rings is 1. The van der Waals surface area contributed by atoms with Crippen molar-refractivity contribution < 1.29 is 14.3 Å². The Hall–Kier alpha value is -2.83. The van der Waals surface area contributed by atoms with Gasteiger partial charge in [0.2, 0.25) is 5.91 Å². The van der Waals surface area contributed by atoms with Crippen LogP contribution < -0.4 is 15.0 Å². The second kappa shape index (κ2) is 8.36. The number of fused-ring (bicyclic) bond motifs is 1. The number of nitrogens with zero attached hydrogens (tertiary/aromatic N) is 3. The molecule has 1 aliphatic heterocycles. The topological polar surface area (TPSA) is 76.5 Å². The number of ether oxygens (including phenoxy) is 1. The monoisotopic (exact) mass is 424 g/mol. The number of nitrogens with one attached hydrogen (secondary N) is 1. The van der Waals surface area contributed by atoms with Gasteiger partial charge in [-0.15, -0.1) is 0 Å². The Kier molecular flexibility index (Phi) is 5.77. The van der Waals surface area contributed by atoms with Gasteiger partial charge < -0.3 is 10.1 Å². The first-order valence-electron chi connectivity index (χ1n) is 11.2. The number of rotatable bonds is 5. The minimum Gasteiger partial charge on any atom is -0.497 e. The highest BCUT2D eigenvalue weighted by Crippen LogP contribution is 2.34. The zero-order valence-corrected chi connectivity index (χ0v) is 18.9. The summed E-state index contributed by atoms with van der Waals surface area (Å²) >= 11 is 0. The summed E-state index contributed by atoms with van der Waals surface area (Å²) in [5.41, 5.74) is 0.958. The highest BCUT2D eigenvalue weighted by Gasteiger charge is 2.49.